The van der Waals surface area contributed by atoms with Crippen LogP contribution in [0, 0.1) is 0 Å². The summed E-state index contributed by atoms with van der Waals surface area (Å²) >= 11 is 5.83. The van der Waals surface area contributed by atoms with Gasteiger partial charge in [-0.05, 0) is 17.7 Å². The molecule has 0 fully saturated rings. The molecular weight excluding hydrogens is 284 g/mol. The van der Waals surface area contributed by atoms with E-state index < -0.39 is 23.8 Å². The molecule has 0 unspecified atom stereocenters. The maximum Gasteiger partial charge on any atom is 0.303 e. The van der Waals surface area contributed by atoms with Crippen molar-refractivity contribution in [2.45, 2.75) is 25.3 Å². The summed E-state index contributed by atoms with van der Waals surface area (Å²) in [6, 6.07) is 5.94. The Morgan fingerprint density at radius 2 is 2.00 bits per heavy atom. The molecule has 108 valence electrons. The minimum absolute atomic E-state index is 0.200. The van der Waals surface area contributed by atoms with Crippen molar-refractivity contribution in [3.8, 4) is 0 Å². The van der Waals surface area contributed by atoms with Crippen molar-refractivity contribution in [3.05, 3.63) is 34.9 Å². The molecule has 0 bridgehead atoms. The monoisotopic (exact) mass is 298 g/mol. The van der Waals surface area contributed by atoms with E-state index in [1.54, 1.807) is 24.3 Å². The summed E-state index contributed by atoms with van der Waals surface area (Å²) < 4.78 is 0. The number of nitrogens with one attached hydrogen (secondary N) is 1. The first kappa shape index (κ1) is 16.0. The number of rotatable bonds is 7. The molecular formula is C13H15ClN2O4. The molecule has 2 amide bonds. The van der Waals surface area contributed by atoms with Gasteiger partial charge in [0.1, 0.15) is 6.04 Å². The summed E-state index contributed by atoms with van der Waals surface area (Å²) in [6.07, 6.45) is -0.294. The van der Waals surface area contributed by atoms with Crippen LogP contribution in [0.3, 0.4) is 0 Å². The molecule has 1 atom stereocenters. The lowest BCUT2D eigenvalue weighted by Gasteiger charge is -2.15. The van der Waals surface area contributed by atoms with Gasteiger partial charge in [0, 0.05) is 17.9 Å². The van der Waals surface area contributed by atoms with Crippen LogP contribution in [0.1, 0.15) is 18.4 Å². The zero-order valence-corrected chi connectivity index (χ0v) is 11.4. The molecule has 20 heavy (non-hydrogen) atoms. The zero-order chi connectivity index (χ0) is 15.1. The molecule has 4 N–H and O–H groups in total. The number of carbonyl (C=O) groups excluding carboxylic acids is 2. The minimum atomic E-state index is -1.08. The van der Waals surface area contributed by atoms with Crippen LogP contribution in [0.2, 0.25) is 5.02 Å². The predicted octanol–water partition coefficient (Wildman–Crippen LogP) is 0.717. The molecule has 0 saturated carbocycles. The first-order valence-corrected chi connectivity index (χ1v) is 6.31. The molecule has 0 radical (unpaired) electrons. The third kappa shape index (κ3) is 5.71. The van der Waals surface area contributed by atoms with Crippen molar-refractivity contribution in [2.75, 3.05) is 0 Å². The second kappa shape index (κ2) is 7.49. The SMILES string of the molecule is NC(=O)[C@H](Cc1cccc(Cl)c1)NC(=O)CCC(=O)O. The molecule has 7 heteroatoms. The molecule has 0 aliphatic carbocycles. The average molecular weight is 299 g/mol. The topological polar surface area (TPSA) is 109 Å². The van der Waals surface area contributed by atoms with Gasteiger partial charge in [-0.15, -0.1) is 0 Å². The lowest BCUT2D eigenvalue weighted by Crippen LogP contribution is -2.45. The van der Waals surface area contributed by atoms with Gasteiger partial charge in [0.15, 0.2) is 0 Å². The number of carbonyl (C=O) groups is 3. The highest BCUT2D eigenvalue weighted by molar-refractivity contribution is 6.30. The molecule has 0 spiro atoms. The summed E-state index contributed by atoms with van der Waals surface area (Å²) in [6.45, 7) is 0. The van der Waals surface area contributed by atoms with Crippen molar-refractivity contribution in [2.24, 2.45) is 5.73 Å². The van der Waals surface area contributed by atoms with Crippen LogP contribution >= 0.6 is 11.6 Å². The smallest absolute Gasteiger partial charge is 0.303 e. The lowest BCUT2D eigenvalue weighted by molar-refractivity contribution is -0.139. The molecule has 0 aliphatic heterocycles. The van der Waals surface area contributed by atoms with Gasteiger partial charge in [-0.1, -0.05) is 23.7 Å². The molecule has 1 rings (SSSR count). The summed E-state index contributed by atoms with van der Waals surface area (Å²) in [7, 11) is 0. The molecule has 0 aromatic heterocycles. The van der Waals surface area contributed by atoms with Gasteiger partial charge >= 0.3 is 5.97 Å². The number of nitrogens with two attached hydrogens (primary N) is 1. The van der Waals surface area contributed by atoms with Crippen LogP contribution in [0.15, 0.2) is 24.3 Å². The lowest BCUT2D eigenvalue weighted by atomic mass is 10.1. The van der Waals surface area contributed by atoms with E-state index in [0.29, 0.717) is 5.02 Å². The second-order valence-corrected chi connectivity index (χ2v) is 4.69. The molecule has 6 nitrogen and oxygen atoms in total. The van der Waals surface area contributed by atoms with Crippen LogP contribution in [-0.2, 0) is 20.8 Å². The molecule has 1 aromatic rings. The summed E-state index contributed by atoms with van der Waals surface area (Å²) in [4.78, 5) is 33.2. The number of benzene rings is 1. The Kier molecular flexibility index (Phi) is 5.99. The maximum absolute atomic E-state index is 11.5. The summed E-state index contributed by atoms with van der Waals surface area (Å²) in [5.41, 5.74) is 5.97. The van der Waals surface area contributed by atoms with Crippen molar-refractivity contribution in [1.82, 2.24) is 5.32 Å². The Morgan fingerprint density at radius 3 is 2.55 bits per heavy atom. The Bertz CT molecular complexity index is 519. The van der Waals surface area contributed by atoms with Gasteiger partial charge in [0.25, 0.3) is 0 Å². The van der Waals surface area contributed by atoms with Crippen LogP contribution in [0.4, 0.5) is 0 Å². The standard InChI is InChI=1S/C13H15ClN2O4/c14-9-3-1-2-8(6-9)7-10(13(15)20)16-11(17)4-5-12(18)19/h1-3,6,10H,4-5,7H2,(H2,15,20)(H,16,17)(H,18,19)/t10-/m0/s1. The van der Waals surface area contributed by atoms with E-state index in [2.05, 4.69) is 5.32 Å². The number of halogens is 1. The summed E-state index contributed by atoms with van der Waals surface area (Å²) in [5.74, 6) is -2.29. The van der Waals surface area contributed by atoms with Crippen LogP contribution < -0.4 is 11.1 Å². The first-order chi connectivity index (χ1) is 9.38. The van der Waals surface area contributed by atoms with Gasteiger partial charge in [-0.25, -0.2) is 0 Å². The normalized spacial score (nSPS) is 11.7. The molecule has 1 aromatic carbocycles. The van der Waals surface area contributed by atoms with E-state index in [9.17, 15) is 14.4 Å². The van der Waals surface area contributed by atoms with Gasteiger partial charge in [0.2, 0.25) is 11.8 Å². The van der Waals surface area contributed by atoms with Crippen molar-refractivity contribution in [1.29, 1.82) is 0 Å². The van der Waals surface area contributed by atoms with Crippen molar-refractivity contribution in [3.63, 3.8) is 0 Å². The average Bonchev–Trinajstić information content (AvgIpc) is 2.35. The van der Waals surface area contributed by atoms with Gasteiger partial charge in [-0.2, -0.15) is 0 Å². The zero-order valence-electron chi connectivity index (χ0n) is 10.6. The second-order valence-electron chi connectivity index (χ2n) is 4.25. The van der Waals surface area contributed by atoms with Gasteiger partial charge in [-0.3, -0.25) is 14.4 Å². The van der Waals surface area contributed by atoms with Crippen molar-refractivity contribution >= 4 is 29.4 Å². The van der Waals surface area contributed by atoms with Gasteiger partial charge < -0.3 is 16.2 Å². The third-order valence-corrected chi connectivity index (χ3v) is 2.81. The number of carboxylic acids is 1. The molecule has 0 heterocycles. The Balaban J connectivity index is 2.63. The third-order valence-electron chi connectivity index (χ3n) is 2.57. The number of primary amides is 1. The quantitative estimate of drug-likeness (QED) is 0.689. The Labute approximate surface area is 120 Å². The first-order valence-electron chi connectivity index (χ1n) is 5.93. The largest absolute Gasteiger partial charge is 0.481 e. The van der Waals surface area contributed by atoms with E-state index in [4.69, 9.17) is 22.4 Å². The fraction of sp³-hybridized carbons (Fsp3) is 0.308. The van der Waals surface area contributed by atoms with E-state index in [-0.39, 0.29) is 19.3 Å². The van der Waals surface area contributed by atoms with E-state index >= 15 is 0 Å². The highest BCUT2D eigenvalue weighted by Crippen LogP contribution is 2.12. The Hall–Kier alpha value is -2.08. The highest BCUT2D eigenvalue weighted by atomic mass is 35.5. The number of hydrogen-bond donors (Lipinski definition) is 3. The number of hydrogen-bond acceptors (Lipinski definition) is 3. The van der Waals surface area contributed by atoms with Crippen LogP contribution in [-0.4, -0.2) is 28.9 Å². The fourth-order valence-electron chi connectivity index (χ4n) is 1.61. The molecule has 0 saturated heterocycles. The van der Waals surface area contributed by atoms with Crippen molar-refractivity contribution < 1.29 is 19.5 Å². The fourth-order valence-corrected chi connectivity index (χ4v) is 1.82. The summed E-state index contributed by atoms with van der Waals surface area (Å²) in [5, 5.41) is 11.4. The highest BCUT2D eigenvalue weighted by Gasteiger charge is 2.19. The van der Waals surface area contributed by atoms with Crippen LogP contribution in [0.5, 0.6) is 0 Å². The molecule has 0 aliphatic rings. The number of aliphatic carboxylic acids is 1. The Morgan fingerprint density at radius 1 is 1.30 bits per heavy atom. The van der Waals surface area contributed by atoms with E-state index in [0.717, 1.165) is 5.56 Å². The van der Waals surface area contributed by atoms with E-state index in [1.165, 1.54) is 0 Å². The minimum Gasteiger partial charge on any atom is -0.481 e. The number of carboxylic acid groups (broad SMARTS) is 1. The maximum atomic E-state index is 11.5. The van der Waals surface area contributed by atoms with Gasteiger partial charge in [0.05, 0.1) is 6.42 Å². The van der Waals surface area contributed by atoms with Crippen LogP contribution in [0.25, 0.3) is 0 Å². The predicted molar refractivity (Wildman–Crippen MR) is 73.2 cm³/mol. The van der Waals surface area contributed by atoms with E-state index in [1.807, 2.05) is 0 Å². The number of amides is 2.